The largest absolute Gasteiger partial charge is 0.353 e. The summed E-state index contributed by atoms with van der Waals surface area (Å²) in [4.78, 5) is 23.9. The zero-order valence-corrected chi connectivity index (χ0v) is 15.6. The molecule has 0 aliphatic carbocycles. The average Bonchev–Trinajstić information content (AvgIpc) is 3.01. The number of hydrogen-bond acceptors (Lipinski definition) is 3. The number of pyridine rings is 2. The van der Waals surface area contributed by atoms with Crippen molar-refractivity contribution in [1.82, 2.24) is 15.0 Å². The Balaban J connectivity index is 1.56. The standard InChI is InChI=1S/C20H14BrFN4O/c21-19-15-11-23-7-6-16(15)25-20(19)13-5-8-24-17(10-13)26-18(27)9-12-1-3-14(22)4-2-12/h1-8,10-11,25H,9H2,(H,24,26,27). The van der Waals surface area contributed by atoms with Crippen LogP contribution in [0.2, 0.25) is 0 Å². The molecule has 0 bridgehead atoms. The van der Waals surface area contributed by atoms with Crippen molar-refractivity contribution in [2.75, 3.05) is 5.32 Å². The number of fused-ring (bicyclic) bond motifs is 1. The molecule has 7 heteroatoms. The Labute approximate surface area is 162 Å². The number of nitrogens with one attached hydrogen (secondary N) is 2. The van der Waals surface area contributed by atoms with Crippen molar-refractivity contribution in [3.05, 3.63) is 76.9 Å². The van der Waals surface area contributed by atoms with Gasteiger partial charge in [0.15, 0.2) is 0 Å². The van der Waals surface area contributed by atoms with Gasteiger partial charge in [0.05, 0.1) is 22.1 Å². The van der Waals surface area contributed by atoms with Crippen LogP contribution in [-0.2, 0) is 11.2 Å². The normalized spacial score (nSPS) is 10.9. The Morgan fingerprint density at radius 2 is 1.96 bits per heavy atom. The molecule has 0 radical (unpaired) electrons. The molecule has 3 aromatic heterocycles. The first-order valence-electron chi connectivity index (χ1n) is 8.22. The molecule has 4 aromatic rings. The van der Waals surface area contributed by atoms with Crippen molar-refractivity contribution in [1.29, 1.82) is 0 Å². The van der Waals surface area contributed by atoms with Crippen molar-refractivity contribution in [2.45, 2.75) is 6.42 Å². The number of carbonyl (C=O) groups is 1. The minimum Gasteiger partial charge on any atom is -0.353 e. The van der Waals surface area contributed by atoms with E-state index in [2.05, 4.69) is 36.2 Å². The minimum atomic E-state index is -0.326. The zero-order valence-electron chi connectivity index (χ0n) is 14.0. The predicted molar refractivity (Wildman–Crippen MR) is 106 cm³/mol. The maximum Gasteiger partial charge on any atom is 0.229 e. The van der Waals surface area contributed by atoms with Crippen LogP contribution < -0.4 is 5.32 Å². The van der Waals surface area contributed by atoms with Gasteiger partial charge in [0, 0.05) is 29.5 Å². The van der Waals surface area contributed by atoms with Crippen molar-refractivity contribution in [2.24, 2.45) is 0 Å². The van der Waals surface area contributed by atoms with Gasteiger partial charge >= 0.3 is 0 Å². The van der Waals surface area contributed by atoms with Crippen molar-refractivity contribution >= 4 is 38.6 Å². The highest BCUT2D eigenvalue weighted by atomic mass is 79.9. The lowest BCUT2D eigenvalue weighted by Gasteiger charge is -2.07. The van der Waals surface area contributed by atoms with Crippen LogP contribution in [-0.4, -0.2) is 20.9 Å². The van der Waals surface area contributed by atoms with Gasteiger partial charge in [-0.2, -0.15) is 0 Å². The Hall–Kier alpha value is -3.06. The number of aromatic nitrogens is 3. The summed E-state index contributed by atoms with van der Waals surface area (Å²) in [5, 5.41) is 3.76. The maximum atomic E-state index is 13.0. The summed E-state index contributed by atoms with van der Waals surface area (Å²) in [6.45, 7) is 0. The fourth-order valence-electron chi connectivity index (χ4n) is 2.83. The molecule has 0 aliphatic rings. The molecule has 3 heterocycles. The number of hydrogen-bond donors (Lipinski definition) is 2. The van der Waals surface area contributed by atoms with E-state index in [1.807, 2.05) is 12.1 Å². The summed E-state index contributed by atoms with van der Waals surface area (Å²) in [6, 6.07) is 11.4. The third-order valence-electron chi connectivity index (χ3n) is 4.13. The number of anilines is 1. The van der Waals surface area contributed by atoms with Gasteiger partial charge in [-0.15, -0.1) is 0 Å². The van der Waals surface area contributed by atoms with Crippen LogP contribution in [0.3, 0.4) is 0 Å². The first-order valence-corrected chi connectivity index (χ1v) is 9.01. The van der Waals surface area contributed by atoms with Gasteiger partial charge < -0.3 is 10.3 Å². The number of benzene rings is 1. The van der Waals surface area contributed by atoms with Crippen LogP contribution in [0.15, 0.2) is 65.5 Å². The highest BCUT2D eigenvalue weighted by Crippen LogP contribution is 2.34. The Kier molecular flexibility index (Phi) is 4.68. The molecule has 1 amide bonds. The molecule has 0 unspecified atom stereocenters. The van der Waals surface area contributed by atoms with Gasteiger partial charge in [0.25, 0.3) is 0 Å². The molecular weight excluding hydrogens is 411 g/mol. The van der Waals surface area contributed by atoms with Crippen molar-refractivity contribution in [3.8, 4) is 11.3 Å². The monoisotopic (exact) mass is 424 g/mol. The number of halogens is 2. The average molecular weight is 425 g/mol. The Morgan fingerprint density at radius 3 is 2.74 bits per heavy atom. The summed E-state index contributed by atoms with van der Waals surface area (Å²) in [7, 11) is 0. The third-order valence-corrected chi connectivity index (χ3v) is 4.95. The lowest BCUT2D eigenvalue weighted by Crippen LogP contribution is -2.15. The molecule has 5 nitrogen and oxygen atoms in total. The second-order valence-corrected chi connectivity index (χ2v) is 6.81. The molecule has 0 spiro atoms. The van der Waals surface area contributed by atoms with E-state index >= 15 is 0 Å². The molecular formula is C20H14BrFN4O. The fourth-order valence-corrected chi connectivity index (χ4v) is 3.47. The van der Waals surface area contributed by atoms with Crippen molar-refractivity contribution < 1.29 is 9.18 Å². The number of rotatable bonds is 4. The number of nitrogens with zero attached hydrogens (tertiary/aromatic N) is 2. The predicted octanol–water partition coefficient (Wildman–Crippen LogP) is 4.71. The molecule has 0 saturated carbocycles. The van der Waals surface area contributed by atoms with Crippen LogP contribution in [0, 0.1) is 5.82 Å². The number of aromatic amines is 1. The summed E-state index contributed by atoms with van der Waals surface area (Å²) in [5.74, 6) is -0.0953. The van der Waals surface area contributed by atoms with Crippen LogP contribution in [0.1, 0.15) is 5.56 Å². The van der Waals surface area contributed by atoms with E-state index in [-0.39, 0.29) is 18.1 Å². The highest BCUT2D eigenvalue weighted by Gasteiger charge is 2.12. The molecule has 134 valence electrons. The van der Waals surface area contributed by atoms with E-state index < -0.39 is 0 Å². The summed E-state index contributed by atoms with van der Waals surface area (Å²) < 4.78 is 13.9. The number of carbonyl (C=O) groups excluding carboxylic acids is 1. The molecule has 1 aromatic carbocycles. The fraction of sp³-hybridized carbons (Fsp3) is 0.0500. The summed E-state index contributed by atoms with van der Waals surface area (Å²) in [5.41, 5.74) is 3.46. The van der Waals surface area contributed by atoms with E-state index in [0.717, 1.165) is 32.2 Å². The van der Waals surface area contributed by atoms with Gasteiger partial charge in [0.1, 0.15) is 11.6 Å². The van der Waals surface area contributed by atoms with Crippen LogP contribution in [0.25, 0.3) is 22.2 Å². The van der Waals surface area contributed by atoms with Crippen LogP contribution >= 0.6 is 15.9 Å². The highest BCUT2D eigenvalue weighted by molar-refractivity contribution is 9.10. The zero-order chi connectivity index (χ0) is 18.8. The molecule has 27 heavy (non-hydrogen) atoms. The smallest absolute Gasteiger partial charge is 0.229 e. The lowest BCUT2D eigenvalue weighted by atomic mass is 10.1. The summed E-state index contributed by atoms with van der Waals surface area (Å²) >= 11 is 3.60. The van der Waals surface area contributed by atoms with Gasteiger partial charge in [-0.3, -0.25) is 9.78 Å². The maximum absolute atomic E-state index is 13.0. The van der Waals surface area contributed by atoms with Crippen LogP contribution in [0.4, 0.5) is 10.2 Å². The van der Waals surface area contributed by atoms with Gasteiger partial charge in [0.2, 0.25) is 5.91 Å². The quantitative estimate of drug-likeness (QED) is 0.498. The number of amides is 1. The Morgan fingerprint density at radius 1 is 1.15 bits per heavy atom. The first-order chi connectivity index (χ1) is 13.1. The molecule has 0 saturated heterocycles. The third kappa shape index (κ3) is 3.73. The van der Waals surface area contributed by atoms with Gasteiger partial charge in [-0.05, 0) is 51.8 Å². The van der Waals surface area contributed by atoms with E-state index in [1.54, 1.807) is 36.8 Å². The number of H-pyrrole nitrogens is 1. The van der Waals surface area contributed by atoms with E-state index in [1.165, 1.54) is 12.1 Å². The molecule has 4 rings (SSSR count). The molecule has 0 fully saturated rings. The van der Waals surface area contributed by atoms with Crippen molar-refractivity contribution in [3.63, 3.8) is 0 Å². The molecule has 0 aliphatic heterocycles. The van der Waals surface area contributed by atoms with Gasteiger partial charge in [-0.25, -0.2) is 9.37 Å². The lowest BCUT2D eigenvalue weighted by molar-refractivity contribution is -0.115. The molecule has 0 atom stereocenters. The van der Waals surface area contributed by atoms with Crippen LogP contribution in [0.5, 0.6) is 0 Å². The summed E-state index contributed by atoms with van der Waals surface area (Å²) in [6.07, 6.45) is 5.29. The topological polar surface area (TPSA) is 70.7 Å². The van der Waals surface area contributed by atoms with E-state index in [9.17, 15) is 9.18 Å². The van der Waals surface area contributed by atoms with E-state index in [0.29, 0.717) is 5.82 Å². The van der Waals surface area contributed by atoms with Gasteiger partial charge in [-0.1, -0.05) is 12.1 Å². The molecule has 2 N–H and O–H groups in total. The SMILES string of the molecule is O=C(Cc1ccc(F)cc1)Nc1cc(-c2[nH]c3ccncc3c2Br)ccn1. The van der Waals surface area contributed by atoms with E-state index in [4.69, 9.17) is 0 Å². The second kappa shape index (κ2) is 7.28. The Bertz CT molecular complexity index is 1120. The second-order valence-electron chi connectivity index (χ2n) is 6.02. The first kappa shape index (κ1) is 17.4. The minimum absolute atomic E-state index is 0.147.